The lowest BCUT2D eigenvalue weighted by Crippen LogP contribution is -2.41. The van der Waals surface area contributed by atoms with Gasteiger partial charge in [0.15, 0.2) is 0 Å². The summed E-state index contributed by atoms with van der Waals surface area (Å²) in [6.45, 7) is 3.37. The number of para-hydroxylation sites is 2. The van der Waals surface area contributed by atoms with Crippen molar-refractivity contribution < 1.29 is 14.7 Å². The van der Waals surface area contributed by atoms with Crippen LogP contribution in [0.3, 0.4) is 0 Å². The van der Waals surface area contributed by atoms with E-state index < -0.39 is 17.9 Å². The predicted molar refractivity (Wildman–Crippen MR) is 74.1 cm³/mol. The van der Waals surface area contributed by atoms with Crippen molar-refractivity contribution in [2.75, 3.05) is 0 Å². The lowest BCUT2D eigenvalue weighted by atomic mass is 10.0. The lowest BCUT2D eigenvalue weighted by molar-refractivity contribution is -0.142. The van der Waals surface area contributed by atoms with E-state index >= 15 is 0 Å². The van der Waals surface area contributed by atoms with Crippen LogP contribution >= 0.6 is 0 Å². The summed E-state index contributed by atoms with van der Waals surface area (Å²) in [5.74, 6) is -1.78. The highest BCUT2D eigenvalue weighted by Crippen LogP contribution is 2.11. The molecule has 1 amide bonds. The Morgan fingerprint density at radius 3 is 2.75 bits per heavy atom. The molecule has 106 valence electrons. The van der Waals surface area contributed by atoms with Gasteiger partial charge in [0.2, 0.25) is 5.91 Å². The number of benzene rings is 1. The highest BCUT2D eigenvalue weighted by Gasteiger charge is 2.21. The number of carbonyl (C=O) groups is 2. The van der Waals surface area contributed by atoms with Crippen molar-refractivity contribution in [3.05, 3.63) is 30.6 Å². The predicted octanol–water partition coefficient (Wildman–Crippen LogP) is 1.26. The Morgan fingerprint density at radius 1 is 1.35 bits per heavy atom. The quantitative estimate of drug-likeness (QED) is 0.860. The molecule has 0 aliphatic rings. The van der Waals surface area contributed by atoms with Crippen LogP contribution in [0.5, 0.6) is 0 Å². The fourth-order valence-electron chi connectivity index (χ4n) is 1.93. The van der Waals surface area contributed by atoms with Gasteiger partial charge in [-0.15, -0.1) is 0 Å². The third-order valence-electron chi connectivity index (χ3n) is 3.37. The van der Waals surface area contributed by atoms with Crippen LogP contribution in [0.4, 0.5) is 0 Å². The van der Waals surface area contributed by atoms with Crippen molar-refractivity contribution in [1.29, 1.82) is 0 Å². The molecule has 0 bridgehead atoms. The van der Waals surface area contributed by atoms with E-state index in [0.29, 0.717) is 0 Å². The Morgan fingerprint density at radius 2 is 2.05 bits per heavy atom. The number of amides is 1. The van der Waals surface area contributed by atoms with Gasteiger partial charge in [0, 0.05) is 6.04 Å². The highest BCUT2D eigenvalue weighted by molar-refractivity contribution is 5.81. The van der Waals surface area contributed by atoms with E-state index in [9.17, 15) is 9.59 Å². The monoisotopic (exact) mass is 275 g/mol. The zero-order valence-electron chi connectivity index (χ0n) is 11.4. The third-order valence-corrected chi connectivity index (χ3v) is 3.37. The first-order valence-corrected chi connectivity index (χ1v) is 6.41. The number of aliphatic carboxylic acids is 1. The van der Waals surface area contributed by atoms with Gasteiger partial charge in [-0.3, -0.25) is 9.59 Å². The summed E-state index contributed by atoms with van der Waals surface area (Å²) < 4.78 is 1.74. The van der Waals surface area contributed by atoms with Gasteiger partial charge in [-0.2, -0.15) is 0 Å². The summed E-state index contributed by atoms with van der Waals surface area (Å²) in [7, 11) is 0. The molecule has 2 aromatic rings. The number of carboxylic acids is 1. The number of fused-ring (bicyclic) bond motifs is 1. The summed E-state index contributed by atoms with van der Waals surface area (Å²) in [5.41, 5.74) is 1.70. The standard InChI is InChI=1S/C14H17N3O3/c1-9(14(19)20)10(2)16-13(18)7-17-8-15-11-5-3-4-6-12(11)17/h3-6,8-10H,7H2,1-2H3,(H,16,18)(H,19,20). The molecule has 0 fully saturated rings. The number of imidazole rings is 1. The Hall–Kier alpha value is -2.37. The summed E-state index contributed by atoms with van der Waals surface area (Å²) in [6, 6.07) is 7.11. The van der Waals surface area contributed by atoms with Crippen molar-refractivity contribution in [3.63, 3.8) is 0 Å². The van der Waals surface area contributed by atoms with Crippen LogP contribution < -0.4 is 5.32 Å². The number of aromatic nitrogens is 2. The molecule has 2 unspecified atom stereocenters. The molecular weight excluding hydrogens is 258 g/mol. The number of carboxylic acid groups (broad SMARTS) is 1. The van der Waals surface area contributed by atoms with E-state index in [1.54, 1.807) is 24.7 Å². The number of nitrogens with zero attached hydrogens (tertiary/aromatic N) is 2. The van der Waals surface area contributed by atoms with Crippen molar-refractivity contribution in [3.8, 4) is 0 Å². The SMILES string of the molecule is CC(NC(=O)Cn1cnc2ccccc21)C(C)C(=O)O. The van der Waals surface area contributed by atoms with Gasteiger partial charge < -0.3 is 15.0 Å². The fourth-order valence-corrected chi connectivity index (χ4v) is 1.93. The van der Waals surface area contributed by atoms with E-state index in [0.717, 1.165) is 11.0 Å². The summed E-state index contributed by atoms with van der Waals surface area (Å²) >= 11 is 0. The van der Waals surface area contributed by atoms with Crippen LogP contribution in [-0.4, -0.2) is 32.6 Å². The second kappa shape index (κ2) is 5.73. The largest absolute Gasteiger partial charge is 0.481 e. The van der Waals surface area contributed by atoms with Gasteiger partial charge in [-0.1, -0.05) is 12.1 Å². The number of hydrogen-bond donors (Lipinski definition) is 2. The maximum atomic E-state index is 11.9. The van der Waals surface area contributed by atoms with E-state index in [1.807, 2.05) is 24.3 Å². The molecule has 1 aromatic carbocycles. The maximum Gasteiger partial charge on any atom is 0.308 e. The topological polar surface area (TPSA) is 84.2 Å². The molecule has 1 aromatic heterocycles. The molecule has 6 nitrogen and oxygen atoms in total. The van der Waals surface area contributed by atoms with Crippen molar-refractivity contribution in [2.45, 2.75) is 26.4 Å². The Labute approximate surface area is 116 Å². The minimum absolute atomic E-state index is 0.122. The van der Waals surface area contributed by atoms with E-state index in [2.05, 4.69) is 10.3 Å². The molecule has 0 spiro atoms. The fraction of sp³-hybridized carbons (Fsp3) is 0.357. The zero-order chi connectivity index (χ0) is 14.7. The molecular formula is C14H17N3O3. The molecule has 2 N–H and O–H groups in total. The van der Waals surface area contributed by atoms with Crippen LogP contribution in [0.1, 0.15) is 13.8 Å². The summed E-state index contributed by atoms with van der Waals surface area (Å²) in [4.78, 5) is 27.0. The Balaban J connectivity index is 2.03. The molecule has 20 heavy (non-hydrogen) atoms. The van der Waals surface area contributed by atoms with Gasteiger partial charge in [-0.05, 0) is 26.0 Å². The van der Waals surface area contributed by atoms with Crippen LogP contribution in [0.25, 0.3) is 11.0 Å². The molecule has 6 heteroatoms. The first-order valence-electron chi connectivity index (χ1n) is 6.41. The average Bonchev–Trinajstić information content (AvgIpc) is 2.81. The van der Waals surface area contributed by atoms with Crippen LogP contribution in [-0.2, 0) is 16.1 Å². The average molecular weight is 275 g/mol. The van der Waals surface area contributed by atoms with Crippen LogP contribution in [0.2, 0.25) is 0 Å². The summed E-state index contributed by atoms with van der Waals surface area (Å²) in [6.07, 6.45) is 1.61. The highest BCUT2D eigenvalue weighted by atomic mass is 16.4. The van der Waals surface area contributed by atoms with Crippen molar-refractivity contribution in [2.24, 2.45) is 5.92 Å². The molecule has 1 heterocycles. The van der Waals surface area contributed by atoms with Gasteiger partial charge >= 0.3 is 5.97 Å². The molecule has 0 radical (unpaired) electrons. The van der Waals surface area contributed by atoms with Crippen molar-refractivity contribution >= 4 is 22.9 Å². The number of rotatable bonds is 5. The number of carbonyl (C=O) groups excluding carboxylic acids is 1. The normalized spacial score (nSPS) is 13.9. The van der Waals surface area contributed by atoms with Gasteiger partial charge in [0.05, 0.1) is 23.3 Å². The first kappa shape index (κ1) is 14.0. The third kappa shape index (κ3) is 2.96. The van der Waals surface area contributed by atoms with Gasteiger partial charge in [0.1, 0.15) is 6.54 Å². The van der Waals surface area contributed by atoms with Crippen LogP contribution in [0, 0.1) is 5.92 Å². The van der Waals surface area contributed by atoms with Crippen LogP contribution in [0.15, 0.2) is 30.6 Å². The molecule has 0 saturated carbocycles. The first-order chi connectivity index (χ1) is 9.49. The van der Waals surface area contributed by atoms with E-state index in [-0.39, 0.29) is 12.5 Å². The zero-order valence-corrected chi connectivity index (χ0v) is 11.4. The Kier molecular flexibility index (Phi) is 4.02. The lowest BCUT2D eigenvalue weighted by Gasteiger charge is -2.17. The van der Waals surface area contributed by atoms with Gasteiger partial charge in [-0.25, -0.2) is 4.98 Å². The van der Waals surface area contributed by atoms with Crippen molar-refractivity contribution in [1.82, 2.24) is 14.9 Å². The smallest absolute Gasteiger partial charge is 0.308 e. The second-order valence-corrected chi connectivity index (χ2v) is 4.84. The van der Waals surface area contributed by atoms with Gasteiger partial charge in [0.25, 0.3) is 0 Å². The Bertz CT molecular complexity index is 635. The number of hydrogen-bond acceptors (Lipinski definition) is 3. The minimum atomic E-state index is -0.925. The molecule has 0 saturated heterocycles. The molecule has 2 rings (SSSR count). The minimum Gasteiger partial charge on any atom is -0.481 e. The second-order valence-electron chi connectivity index (χ2n) is 4.84. The molecule has 0 aliphatic carbocycles. The number of nitrogens with one attached hydrogen (secondary N) is 1. The maximum absolute atomic E-state index is 11.9. The van der Waals surface area contributed by atoms with E-state index in [1.165, 1.54) is 0 Å². The molecule has 0 aliphatic heterocycles. The molecule has 2 atom stereocenters. The van der Waals surface area contributed by atoms with E-state index in [4.69, 9.17) is 5.11 Å². The summed E-state index contributed by atoms with van der Waals surface area (Å²) in [5, 5.41) is 11.6.